The van der Waals surface area contributed by atoms with Crippen LogP contribution >= 0.6 is 15.9 Å². The second kappa shape index (κ2) is 14.3. The molecule has 2 amide bonds. The number of anilines is 1. The summed E-state index contributed by atoms with van der Waals surface area (Å²) in [5.41, 5.74) is 1.91. The van der Waals surface area contributed by atoms with E-state index < -0.39 is 28.5 Å². The van der Waals surface area contributed by atoms with E-state index in [9.17, 15) is 18.0 Å². The Hall–Kier alpha value is -3.37. The van der Waals surface area contributed by atoms with Gasteiger partial charge in [0.15, 0.2) is 0 Å². The zero-order valence-electron chi connectivity index (χ0n) is 23.2. The number of amides is 2. The summed E-state index contributed by atoms with van der Waals surface area (Å²) >= 11 is 3.48. The number of carbonyl (C=O) groups excluding carboxylic acids is 2. The van der Waals surface area contributed by atoms with Crippen molar-refractivity contribution in [2.45, 2.75) is 32.9 Å². The molecule has 1 N–H and O–H groups in total. The number of nitrogens with zero attached hydrogens (tertiary/aromatic N) is 2. The molecule has 0 heterocycles. The van der Waals surface area contributed by atoms with Gasteiger partial charge >= 0.3 is 0 Å². The molecule has 0 unspecified atom stereocenters. The van der Waals surface area contributed by atoms with Crippen molar-refractivity contribution in [2.75, 3.05) is 30.8 Å². The summed E-state index contributed by atoms with van der Waals surface area (Å²) in [6.07, 6.45) is 1.31. The molecule has 214 valence electrons. The number of carbonyl (C=O) groups is 2. The molecule has 0 saturated carbocycles. The molecular weight excluding hydrogens is 594 g/mol. The van der Waals surface area contributed by atoms with Gasteiger partial charge in [-0.1, -0.05) is 84.4 Å². The molecule has 3 aromatic carbocycles. The molecule has 0 spiro atoms. The quantitative estimate of drug-likeness (QED) is 0.297. The monoisotopic (exact) mass is 629 g/mol. The smallest absolute Gasteiger partial charge is 0.244 e. The van der Waals surface area contributed by atoms with Crippen molar-refractivity contribution in [2.24, 2.45) is 5.92 Å². The van der Waals surface area contributed by atoms with E-state index >= 15 is 0 Å². The van der Waals surface area contributed by atoms with Crippen molar-refractivity contribution in [1.82, 2.24) is 10.2 Å². The molecule has 0 radical (unpaired) electrons. The van der Waals surface area contributed by atoms with Gasteiger partial charge in [0, 0.05) is 24.0 Å². The summed E-state index contributed by atoms with van der Waals surface area (Å²) in [6.45, 7) is 4.03. The number of halogens is 1. The van der Waals surface area contributed by atoms with E-state index in [1.807, 2.05) is 68.4 Å². The molecular formula is C30H36BrN3O5S. The van der Waals surface area contributed by atoms with Crippen LogP contribution in [0.4, 0.5) is 5.69 Å². The van der Waals surface area contributed by atoms with Crippen LogP contribution in [0.3, 0.4) is 0 Å². The highest BCUT2D eigenvalue weighted by Crippen LogP contribution is 2.30. The lowest BCUT2D eigenvalue weighted by atomic mass is 10.0. The number of nitrogens with one attached hydrogen (secondary N) is 1. The number of methoxy groups -OCH3 is 1. The Balaban J connectivity index is 2.07. The molecule has 40 heavy (non-hydrogen) atoms. The van der Waals surface area contributed by atoms with Crippen LogP contribution < -0.4 is 14.4 Å². The maximum atomic E-state index is 14.1. The number of rotatable bonds is 13. The van der Waals surface area contributed by atoms with Gasteiger partial charge in [-0.3, -0.25) is 13.9 Å². The van der Waals surface area contributed by atoms with Crippen molar-refractivity contribution < 1.29 is 22.7 Å². The summed E-state index contributed by atoms with van der Waals surface area (Å²) in [5, 5.41) is 2.97. The molecule has 10 heteroatoms. The zero-order chi connectivity index (χ0) is 29.3. The van der Waals surface area contributed by atoms with Gasteiger partial charge in [-0.15, -0.1) is 0 Å². The Labute approximate surface area is 245 Å². The van der Waals surface area contributed by atoms with Crippen LogP contribution in [-0.4, -0.2) is 57.6 Å². The lowest BCUT2D eigenvalue weighted by molar-refractivity contribution is -0.140. The van der Waals surface area contributed by atoms with Crippen LogP contribution in [0, 0.1) is 5.92 Å². The molecule has 0 aromatic heterocycles. The van der Waals surface area contributed by atoms with Crippen LogP contribution in [0.2, 0.25) is 0 Å². The first kappa shape index (κ1) is 31.2. The van der Waals surface area contributed by atoms with E-state index in [-0.39, 0.29) is 30.5 Å². The van der Waals surface area contributed by atoms with Crippen LogP contribution in [-0.2, 0) is 32.6 Å². The fourth-order valence-electron chi connectivity index (χ4n) is 4.24. The van der Waals surface area contributed by atoms with Crippen molar-refractivity contribution in [1.29, 1.82) is 0 Å². The predicted octanol–water partition coefficient (Wildman–Crippen LogP) is 4.64. The average Bonchev–Trinajstić information content (AvgIpc) is 2.92. The van der Waals surface area contributed by atoms with E-state index in [1.54, 1.807) is 24.3 Å². The first-order valence-electron chi connectivity index (χ1n) is 13.0. The van der Waals surface area contributed by atoms with Crippen LogP contribution in [0.5, 0.6) is 5.75 Å². The van der Waals surface area contributed by atoms with Gasteiger partial charge < -0.3 is 15.0 Å². The Morgan fingerprint density at radius 1 is 0.950 bits per heavy atom. The number of para-hydroxylation sites is 2. The Morgan fingerprint density at radius 2 is 1.60 bits per heavy atom. The van der Waals surface area contributed by atoms with Gasteiger partial charge in [-0.2, -0.15) is 0 Å². The lowest BCUT2D eigenvalue weighted by Crippen LogP contribution is -2.53. The lowest BCUT2D eigenvalue weighted by Gasteiger charge is -2.34. The fraction of sp³-hybridized carbons (Fsp3) is 0.333. The molecule has 1 atom stereocenters. The molecule has 0 aliphatic carbocycles. The first-order valence-corrected chi connectivity index (χ1v) is 15.6. The third-order valence-corrected chi connectivity index (χ3v) is 7.85. The van der Waals surface area contributed by atoms with Crippen molar-refractivity contribution in [3.8, 4) is 5.75 Å². The van der Waals surface area contributed by atoms with Gasteiger partial charge in [0.1, 0.15) is 18.3 Å². The molecule has 0 aliphatic rings. The van der Waals surface area contributed by atoms with E-state index in [0.717, 1.165) is 26.2 Å². The van der Waals surface area contributed by atoms with E-state index in [0.29, 0.717) is 12.3 Å². The SMILES string of the molecule is COc1ccccc1N(CC(=O)N(Cc1cccc(Br)c1)[C@H](Cc1ccccc1)C(=O)NCC(C)C)S(C)(=O)=O. The van der Waals surface area contributed by atoms with E-state index in [1.165, 1.54) is 12.0 Å². The summed E-state index contributed by atoms with van der Waals surface area (Å²) in [4.78, 5) is 29.2. The molecule has 0 aliphatic heterocycles. The molecule has 0 saturated heterocycles. The first-order chi connectivity index (χ1) is 19.0. The van der Waals surface area contributed by atoms with Crippen molar-refractivity contribution in [3.63, 3.8) is 0 Å². The normalized spacial score (nSPS) is 12.1. The molecule has 8 nitrogen and oxygen atoms in total. The van der Waals surface area contributed by atoms with Crippen LogP contribution in [0.15, 0.2) is 83.3 Å². The molecule has 3 aromatic rings. The van der Waals surface area contributed by atoms with Crippen molar-refractivity contribution >= 4 is 43.5 Å². The minimum absolute atomic E-state index is 0.106. The van der Waals surface area contributed by atoms with Crippen LogP contribution in [0.25, 0.3) is 0 Å². The maximum Gasteiger partial charge on any atom is 0.244 e. The zero-order valence-corrected chi connectivity index (χ0v) is 25.6. The average molecular weight is 631 g/mol. The van der Waals surface area contributed by atoms with E-state index in [2.05, 4.69) is 21.2 Å². The maximum absolute atomic E-state index is 14.1. The minimum atomic E-state index is -3.89. The fourth-order valence-corrected chi connectivity index (χ4v) is 5.54. The van der Waals surface area contributed by atoms with E-state index in [4.69, 9.17) is 4.74 Å². The summed E-state index contributed by atoms with van der Waals surface area (Å²) in [7, 11) is -2.45. The molecule has 3 rings (SSSR count). The Bertz CT molecular complexity index is 1400. The summed E-state index contributed by atoms with van der Waals surface area (Å²) in [6, 6.07) is 22.7. The van der Waals surface area contributed by atoms with Gasteiger partial charge in [0.2, 0.25) is 21.8 Å². The highest BCUT2D eigenvalue weighted by atomic mass is 79.9. The van der Waals surface area contributed by atoms with Gasteiger partial charge in [-0.05, 0) is 41.3 Å². The highest BCUT2D eigenvalue weighted by Gasteiger charge is 2.33. The third-order valence-electron chi connectivity index (χ3n) is 6.23. The number of hydrogen-bond acceptors (Lipinski definition) is 5. The largest absolute Gasteiger partial charge is 0.495 e. The Morgan fingerprint density at radius 3 is 2.23 bits per heavy atom. The molecule has 0 bridgehead atoms. The minimum Gasteiger partial charge on any atom is -0.495 e. The number of ether oxygens (including phenoxy) is 1. The van der Waals surface area contributed by atoms with Gasteiger partial charge in [0.25, 0.3) is 0 Å². The molecule has 0 fully saturated rings. The summed E-state index contributed by atoms with van der Waals surface area (Å²) in [5.74, 6) is -0.294. The number of hydrogen-bond donors (Lipinski definition) is 1. The number of sulfonamides is 1. The second-order valence-corrected chi connectivity index (χ2v) is 12.8. The van der Waals surface area contributed by atoms with Gasteiger partial charge in [-0.25, -0.2) is 8.42 Å². The topological polar surface area (TPSA) is 96.0 Å². The summed E-state index contributed by atoms with van der Waals surface area (Å²) < 4.78 is 33.1. The third kappa shape index (κ3) is 8.82. The van der Waals surface area contributed by atoms with Crippen molar-refractivity contribution in [3.05, 3.63) is 94.5 Å². The second-order valence-electron chi connectivity index (χ2n) is 9.94. The predicted molar refractivity (Wildman–Crippen MR) is 162 cm³/mol. The number of benzene rings is 3. The van der Waals surface area contributed by atoms with Gasteiger partial charge in [0.05, 0.1) is 19.1 Å². The standard InChI is InChI=1S/C30H36BrN3O5S/c1-22(2)19-32-30(36)27(18-23-11-6-5-7-12-23)33(20-24-13-10-14-25(31)17-24)29(35)21-34(40(4,37)38)26-15-8-9-16-28(26)39-3/h5-17,22,27H,18-21H2,1-4H3,(H,32,36)/t27-/m1/s1. The Kier molecular flexibility index (Phi) is 11.2. The van der Waals surface area contributed by atoms with Crippen LogP contribution in [0.1, 0.15) is 25.0 Å². The highest BCUT2D eigenvalue weighted by molar-refractivity contribution is 9.10.